The molecule has 5 nitrogen and oxygen atoms in total. The van der Waals surface area contributed by atoms with Gasteiger partial charge in [-0.05, 0) is 37.0 Å². The van der Waals surface area contributed by atoms with Gasteiger partial charge in [-0.25, -0.2) is 9.59 Å². The topological polar surface area (TPSA) is 78.4 Å². The maximum atomic E-state index is 11.7. The predicted molar refractivity (Wildman–Crippen MR) is 72.8 cm³/mol. The van der Waals surface area contributed by atoms with Crippen LogP contribution in [0.25, 0.3) is 0 Å². The highest BCUT2D eigenvalue weighted by Crippen LogP contribution is 2.27. The Morgan fingerprint density at radius 1 is 1.37 bits per heavy atom. The van der Waals surface area contributed by atoms with Gasteiger partial charge < -0.3 is 15.7 Å². The number of carboxylic acid groups (broad SMARTS) is 1. The fraction of sp³-hybridized carbons (Fsp3) is 0.385. The molecule has 1 fully saturated rings. The minimum atomic E-state index is -1.06. The van der Waals surface area contributed by atoms with Gasteiger partial charge in [0.2, 0.25) is 0 Å². The Bertz CT molecular complexity index is 513. The van der Waals surface area contributed by atoms with Crippen molar-refractivity contribution < 1.29 is 14.7 Å². The summed E-state index contributed by atoms with van der Waals surface area (Å²) >= 11 is 5.92. The molecule has 1 aliphatic rings. The number of hydrogen-bond acceptors (Lipinski definition) is 2. The number of urea groups is 1. The summed E-state index contributed by atoms with van der Waals surface area (Å²) in [6.07, 6.45) is 1.94. The summed E-state index contributed by atoms with van der Waals surface area (Å²) in [6.45, 7) is 2.13. The van der Waals surface area contributed by atoms with Crippen molar-refractivity contribution in [3.63, 3.8) is 0 Å². The molecule has 0 spiro atoms. The zero-order valence-corrected chi connectivity index (χ0v) is 11.2. The predicted octanol–water partition coefficient (Wildman–Crippen LogP) is 2.96. The molecule has 0 aliphatic heterocycles. The Balaban J connectivity index is 1.99. The van der Waals surface area contributed by atoms with E-state index in [0.29, 0.717) is 16.6 Å². The average molecular weight is 283 g/mol. The first-order chi connectivity index (χ1) is 8.95. The number of carbonyl (C=O) groups is 2. The second-order valence-corrected chi connectivity index (χ2v) is 5.28. The Labute approximate surface area is 116 Å². The standard InChI is InChI=1S/C13H15ClN2O3/c1-7-4-9(5-7)15-13(19)16-11-6-8(12(17)18)2-3-10(11)14/h2-3,6-7,9H,4-5H2,1H3,(H,17,18)(H2,15,16,19). The van der Waals surface area contributed by atoms with Crippen molar-refractivity contribution in [1.82, 2.24) is 5.32 Å². The molecule has 2 amide bonds. The zero-order chi connectivity index (χ0) is 14.0. The number of aromatic carboxylic acids is 1. The van der Waals surface area contributed by atoms with E-state index in [0.717, 1.165) is 12.8 Å². The normalized spacial score (nSPS) is 21.4. The van der Waals surface area contributed by atoms with Gasteiger partial charge in [-0.1, -0.05) is 18.5 Å². The summed E-state index contributed by atoms with van der Waals surface area (Å²) in [6, 6.07) is 4.01. The van der Waals surface area contributed by atoms with E-state index in [4.69, 9.17) is 16.7 Å². The van der Waals surface area contributed by atoms with Crippen LogP contribution < -0.4 is 10.6 Å². The molecule has 0 radical (unpaired) electrons. The van der Waals surface area contributed by atoms with Crippen LogP contribution in [-0.4, -0.2) is 23.1 Å². The van der Waals surface area contributed by atoms with Gasteiger partial charge in [0.15, 0.2) is 0 Å². The lowest BCUT2D eigenvalue weighted by Gasteiger charge is -2.33. The molecule has 0 atom stereocenters. The Kier molecular flexibility index (Phi) is 3.95. The van der Waals surface area contributed by atoms with Gasteiger partial charge in [0.05, 0.1) is 16.3 Å². The van der Waals surface area contributed by atoms with Crippen molar-refractivity contribution in [2.24, 2.45) is 5.92 Å². The summed E-state index contributed by atoms with van der Waals surface area (Å²) in [7, 11) is 0. The van der Waals surface area contributed by atoms with Gasteiger partial charge in [-0.3, -0.25) is 0 Å². The summed E-state index contributed by atoms with van der Waals surface area (Å²) in [5.74, 6) is -0.419. The molecule has 6 heteroatoms. The van der Waals surface area contributed by atoms with E-state index >= 15 is 0 Å². The lowest BCUT2D eigenvalue weighted by Crippen LogP contribution is -2.45. The SMILES string of the molecule is CC1CC(NC(=O)Nc2cc(C(=O)O)ccc2Cl)C1. The maximum Gasteiger partial charge on any atom is 0.335 e. The van der Waals surface area contributed by atoms with Crippen LogP contribution in [0.15, 0.2) is 18.2 Å². The highest BCUT2D eigenvalue weighted by Gasteiger charge is 2.26. The minimum absolute atomic E-state index is 0.0805. The van der Waals surface area contributed by atoms with E-state index in [1.807, 2.05) is 0 Å². The molecule has 1 aliphatic carbocycles. The van der Waals surface area contributed by atoms with E-state index < -0.39 is 5.97 Å². The maximum absolute atomic E-state index is 11.7. The van der Waals surface area contributed by atoms with Gasteiger partial charge in [0.1, 0.15) is 0 Å². The highest BCUT2D eigenvalue weighted by atomic mass is 35.5. The third-order valence-corrected chi connectivity index (χ3v) is 3.50. The number of carbonyl (C=O) groups excluding carboxylic acids is 1. The molecule has 2 rings (SSSR count). The smallest absolute Gasteiger partial charge is 0.335 e. The van der Waals surface area contributed by atoms with Crippen molar-refractivity contribution >= 4 is 29.3 Å². The fourth-order valence-electron chi connectivity index (χ4n) is 2.12. The van der Waals surface area contributed by atoms with Crippen LogP contribution in [0.3, 0.4) is 0 Å². The first-order valence-electron chi connectivity index (χ1n) is 6.06. The van der Waals surface area contributed by atoms with E-state index in [-0.39, 0.29) is 17.6 Å². The zero-order valence-electron chi connectivity index (χ0n) is 10.4. The number of benzene rings is 1. The Morgan fingerprint density at radius 3 is 2.63 bits per heavy atom. The number of nitrogens with one attached hydrogen (secondary N) is 2. The average Bonchev–Trinajstić information content (AvgIpc) is 2.29. The van der Waals surface area contributed by atoms with Crippen LogP contribution >= 0.6 is 11.6 Å². The van der Waals surface area contributed by atoms with Crippen LogP contribution in [0.4, 0.5) is 10.5 Å². The van der Waals surface area contributed by atoms with Crippen LogP contribution in [0.2, 0.25) is 5.02 Å². The van der Waals surface area contributed by atoms with Crippen LogP contribution in [0, 0.1) is 5.92 Å². The first kappa shape index (κ1) is 13.7. The van der Waals surface area contributed by atoms with Crippen molar-refractivity contribution in [2.45, 2.75) is 25.8 Å². The molecule has 102 valence electrons. The number of amides is 2. The molecule has 0 aromatic heterocycles. The largest absolute Gasteiger partial charge is 0.478 e. The minimum Gasteiger partial charge on any atom is -0.478 e. The molecule has 0 heterocycles. The number of rotatable bonds is 3. The van der Waals surface area contributed by atoms with Crippen molar-refractivity contribution in [2.75, 3.05) is 5.32 Å². The number of hydrogen-bond donors (Lipinski definition) is 3. The molecule has 1 aromatic carbocycles. The quantitative estimate of drug-likeness (QED) is 0.797. The van der Waals surface area contributed by atoms with Crippen molar-refractivity contribution in [1.29, 1.82) is 0 Å². The summed E-state index contributed by atoms with van der Waals surface area (Å²) in [5, 5.41) is 14.6. The van der Waals surface area contributed by atoms with Crippen LogP contribution in [0.5, 0.6) is 0 Å². The third kappa shape index (κ3) is 3.38. The Morgan fingerprint density at radius 2 is 2.05 bits per heavy atom. The molecule has 19 heavy (non-hydrogen) atoms. The summed E-state index contributed by atoms with van der Waals surface area (Å²) in [5.41, 5.74) is 0.378. The monoisotopic (exact) mass is 282 g/mol. The van der Waals surface area contributed by atoms with E-state index in [2.05, 4.69) is 17.6 Å². The van der Waals surface area contributed by atoms with E-state index in [1.165, 1.54) is 18.2 Å². The van der Waals surface area contributed by atoms with Crippen molar-refractivity contribution in [3.8, 4) is 0 Å². The number of halogens is 1. The molecule has 1 saturated carbocycles. The summed E-state index contributed by atoms with van der Waals surface area (Å²) < 4.78 is 0. The number of carboxylic acids is 1. The molecule has 0 saturated heterocycles. The van der Waals surface area contributed by atoms with Crippen molar-refractivity contribution in [3.05, 3.63) is 28.8 Å². The molecule has 0 unspecified atom stereocenters. The highest BCUT2D eigenvalue weighted by molar-refractivity contribution is 6.33. The van der Waals surface area contributed by atoms with E-state index in [1.54, 1.807) is 0 Å². The van der Waals surface area contributed by atoms with Gasteiger partial charge in [0, 0.05) is 6.04 Å². The molecule has 3 N–H and O–H groups in total. The lowest BCUT2D eigenvalue weighted by atomic mass is 9.82. The van der Waals surface area contributed by atoms with E-state index in [9.17, 15) is 9.59 Å². The fourth-order valence-corrected chi connectivity index (χ4v) is 2.28. The van der Waals surface area contributed by atoms with Crippen LogP contribution in [-0.2, 0) is 0 Å². The molecule has 1 aromatic rings. The number of anilines is 1. The van der Waals surface area contributed by atoms with Crippen LogP contribution in [0.1, 0.15) is 30.1 Å². The molecular formula is C13H15ClN2O3. The lowest BCUT2D eigenvalue weighted by molar-refractivity contribution is 0.0697. The molecular weight excluding hydrogens is 268 g/mol. The third-order valence-electron chi connectivity index (χ3n) is 3.17. The van der Waals surface area contributed by atoms with Gasteiger partial charge in [0.25, 0.3) is 0 Å². The summed E-state index contributed by atoms with van der Waals surface area (Å²) in [4.78, 5) is 22.6. The second kappa shape index (κ2) is 5.48. The molecule has 0 bridgehead atoms. The Hall–Kier alpha value is -1.75. The van der Waals surface area contributed by atoms with Gasteiger partial charge in [-0.2, -0.15) is 0 Å². The first-order valence-corrected chi connectivity index (χ1v) is 6.44. The van der Waals surface area contributed by atoms with Gasteiger partial charge in [-0.15, -0.1) is 0 Å². The second-order valence-electron chi connectivity index (χ2n) is 4.87. The van der Waals surface area contributed by atoms with Gasteiger partial charge >= 0.3 is 12.0 Å².